The molecule has 9 heteroatoms. The Kier molecular flexibility index (Phi) is 8.18. The molecule has 0 radical (unpaired) electrons. The van der Waals surface area contributed by atoms with Crippen LogP contribution in [0.25, 0.3) is 0 Å². The fraction of sp³-hybridized carbons (Fsp3) is 0.600. The number of benzene rings is 1. The van der Waals surface area contributed by atoms with Crippen LogP contribution in [0.5, 0.6) is 0 Å². The first-order valence-electron chi connectivity index (χ1n) is 9.98. The third kappa shape index (κ3) is 6.52. The molecule has 8 nitrogen and oxygen atoms in total. The van der Waals surface area contributed by atoms with E-state index < -0.39 is 16.1 Å². The molecule has 1 aromatic rings. The maximum Gasteiger partial charge on any atom is 0.310 e. The molecule has 29 heavy (non-hydrogen) atoms. The number of rotatable bonds is 8. The zero-order valence-corrected chi connectivity index (χ0v) is 18.3. The Labute approximate surface area is 173 Å². The molecule has 1 aliphatic heterocycles. The Morgan fingerprint density at radius 2 is 1.86 bits per heavy atom. The van der Waals surface area contributed by atoms with Crippen molar-refractivity contribution in [1.29, 1.82) is 0 Å². The number of nitrogens with zero attached hydrogens (tertiary/aromatic N) is 1. The summed E-state index contributed by atoms with van der Waals surface area (Å²) in [6.45, 7) is 8.66. The van der Waals surface area contributed by atoms with E-state index in [2.05, 4.69) is 10.0 Å². The predicted molar refractivity (Wildman–Crippen MR) is 111 cm³/mol. The zero-order valence-electron chi connectivity index (χ0n) is 17.5. The number of hydrogen-bond acceptors (Lipinski definition) is 6. The van der Waals surface area contributed by atoms with E-state index in [1.54, 1.807) is 39.8 Å². The van der Waals surface area contributed by atoms with Gasteiger partial charge in [-0.15, -0.1) is 0 Å². The molecule has 2 atom stereocenters. The SMILES string of the molecule is CCOC(=O)[C@H]1CCCN([C@@H](C)C(=O)Nc2ccc(S(=O)(=O)NC(C)C)cc2)C1. The molecule has 0 unspecified atom stereocenters. The van der Waals surface area contributed by atoms with Crippen LogP contribution >= 0.6 is 0 Å². The molecule has 0 aromatic heterocycles. The summed E-state index contributed by atoms with van der Waals surface area (Å²) in [6.07, 6.45) is 1.60. The molecule has 1 saturated heterocycles. The first kappa shape index (κ1) is 23.3. The molecule has 0 aliphatic carbocycles. The van der Waals surface area contributed by atoms with Crippen LogP contribution in [0.2, 0.25) is 0 Å². The van der Waals surface area contributed by atoms with Crippen LogP contribution < -0.4 is 10.0 Å². The summed E-state index contributed by atoms with van der Waals surface area (Å²) < 4.78 is 32.0. The van der Waals surface area contributed by atoms with Gasteiger partial charge in [0.05, 0.1) is 23.5 Å². The standard InChI is InChI=1S/C20H31N3O5S/c1-5-28-20(25)16-7-6-12-23(13-16)15(4)19(24)21-17-8-10-18(11-9-17)29(26,27)22-14(2)3/h8-11,14-16,22H,5-7,12-13H2,1-4H3,(H,21,24)/t15-,16-/m0/s1. The molecular formula is C20H31N3O5S. The van der Waals surface area contributed by atoms with Gasteiger partial charge >= 0.3 is 5.97 Å². The predicted octanol–water partition coefficient (Wildman–Crippen LogP) is 1.98. The van der Waals surface area contributed by atoms with Gasteiger partial charge in [0.25, 0.3) is 0 Å². The van der Waals surface area contributed by atoms with Gasteiger partial charge in [-0.25, -0.2) is 13.1 Å². The van der Waals surface area contributed by atoms with Crippen LogP contribution in [0, 0.1) is 5.92 Å². The molecule has 0 saturated carbocycles. The highest BCUT2D eigenvalue weighted by atomic mass is 32.2. The number of carbonyl (C=O) groups excluding carboxylic acids is 2. The van der Waals surface area contributed by atoms with Crippen molar-refractivity contribution in [3.63, 3.8) is 0 Å². The van der Waals surface area contributed by atoms with Gasteiger partial charge in [-0.3, -0.25) is 14.5 Å². The summed E-state index contributed by atoms with van der Waals surface area (Å²) >= 11 is 0. The Balaban J connectivity index is 1.98. The minimum atomic E-state index is -3.57. The third-order valence-electron chi connectivity index (χ3n) is 4.82. The van der Waals surface area contributed by atoms with Crippen molar-refractivity contribution in [3.05, 3.63) is 24.3 Å². The van der Waals surface area contributed by atoms with Gasteiger partial charge < -0.3 is 10.1 Å². The number of nitrogens with one attached hydrogen (secondary N) is 2. The number of likely N-dealkylation sites (tertiary alicyclic amines) is 1. The average molecular weight is 426 g/mol. The van der Waals surface area contributed by atoms with Gasteiger partial charge in [-0.05, 0) is 71.3 Å². The lowest BCUT2D eigenvalue weighted by Gasteiger charge is -2.35. The lowest BCUT2D eigenvalue weighted by molar-refractivity contribution is -0.150. The van der Waals surface area contributed by atoms with Gasteiger partial charge in [0.15, 0.2) is 0 Å². The largest absolute Gasteiger partial charge is 0.466 e. The van der Waals surface area contributed by atoms with E-state index in [1.807, 2.05) is 4.90 Å². The number of anilines is 1. The highest BCUT2D eigenvalue weighted by molar-refractivity contribution is 7.89. The summed E-state index contributed by atoms with van der Waals surface area (Å²) in [5.41, 5.74) is 0.518. The topological polar surface area (TPSA) is 105 Å². The van der Waals surface area contributed by atoms with Crippen molar-refractivity contribution in [2.75, 3.05) is 25.0 Å². The molecule has 1 heterocycles. The van der Waals surface area contributed by atoms with Crippen LogP contribution in [-0.4, -0.2) is 57.0 Å². The Morgan fingerprint density at radius 1 is 1.21 bits per heavy atom. The number of piperidine rings is 1. The summed E-state index contributed by atoms with van der Waals surface area (Å²) in [4.78, 5) is 26.8. The van der Waals surface area contributed by atoms with Crippen molar-refractivity contribution in [2.24, 2.45) is 5.92 Å². The first-order valence-corrected chi connectivity index (χ1v) is 11.5. The third-order valence-corrected chi connectivity index (χ3v) is 6.50. The Hall–Kier alpha value is -1.97. The zero-order chi connectivity index (χ0) is 21.6. The normalized spacial score (nSPS) is 19.0. The number of sulfonamides is 1. The molecule has 0 bridgehead atoms. The van der Waals surface area contributed by atoms with Crippen molar-refractivity contribution in [2.45, 2.75) is 57.5 Å². The Morgan fingerprint density at radius 3 is 2.45 bits per heavy atom. The van der Waals surface area contributed by atoms with Gasteiger partial charge in [-0.1, -0.05) is 0 Å². The van der Waals surface area contributed by atoms with Crippen LogP contribution in [0.15, 0.2) is 29.2 Å². The molecule has 1 aromatic carbocycles. The summed E-state index contributed by atoms with van der Waals surface area (Å²) in [7, 11) is -3.57. The molecule has 2 rings (SSSR count). The maximum absolute atomic E-state index is 12.6. The van der Waals surface area contributed by atoms with E-state index in [0.29, 0.717) is 18.8 Å². The van der Waals surface area contributed by atoms with Gasteiger partial charge in [-0.2, -0.15) is 0 Å². The van der Waals surface area contributed by atoms with Crippen molar-refractivity contribution >= 4 is 27.6 Å². The van der Waals surface area contributed by atoms with E-state index >= 15 is 0 Å². The second-order valence-electron chi connectivity index (χ2n) is 7.55. The molecule has 1 amide bonds. The van der Waals surface area contributed by atoms with E-state index in [-0.39, 0.29) is 28.7 Å². The van der Waals surface area contributed by atoms with Gasteiger partial charge in [0.2, 0.25) is 15.9 Å². The number of ether oxygens (including phenoxy) is 1. The fourth-order valence-electron chi connectivity index (χ4n) is 3.32. The van der Waals surface area contributed by atoms with Crippen LogP contribution in [0.3, 0.4) is 0 Å². The van der Waals surface area contributed by atoms with E-state index in [0.717, 1.165) is 19.4 Å². The molecule has 0 spiro atoms. The average Bonchev–Trinajstić information content (AvgIpc) is 2.67. The van der Waals surface area contributed by atoms with Crippen LogP contribution in [0.4, 0.5) is 5.69 Å². The summed E-state index contributed by atoms with van der Waals surface area (Å²) in [5, 5.41) is 2.82. The molecule has 1 aliphatic rings. The minimum absolute atomic E-state index is 0.144. The Bertz CT molecular complexity index is 808. The second kappa shape index (κ2) is 10.2. The smallest absolute Gasteiger partial charge is 0.310 e. The highest BCUT2D eigenvalue weighted by Crippen LogP contribution is 2.21. The lowest BCUT2D eigenvalue weighted by Crippen LogP contribution is -2.48. The lowest BCUT2D eigenvalue weighted by atomic mass is 9.97. The maximum atomic E-state index is 12.6. The summed E-state index contributed by atoms with van der Waals surface area (Å²) in [5.74, 6) is -0.626. The monoisotopic (exact) mass is 425 g/mol. The van der Waals surface area contributed by atoms with E-state index in [4.69, 9.17) is 4.74 Å². The second-order valence-corrected chi connectivity index (χ2v) is 9.27. The molecule has 162 valence electrons. The summed E-state index contributed by atoms with van der Waals surface area (Å²) in [6, 6.07) is 5.43. The number of hydrogen-bond donors (Lipinski definition) is 2. The van der Waals surface area contributed by atoms with Gasteiger partial charge in [0.1, 0.15) is 0 Å². The van der Waals surface area contributed by atoms with Crippen LogP contribution in [0.1, 0.15) is 40.5 Å². The fourth-order valence-corrected chi connectivity index (χ4v) is 4.57. The number of carbonyl (C=O) groups is 2. The molecule has 1 fully saturated rings. The molecule has 2 N–H and O–H groups in total. The van der Waals surface area contributed by atoms with Crippen molar-refractivity contribution in [1.82, 2.24) is 9.62 Å². The number of amides is 1. The molecular weight excluding hydrogens is 394 g/mol. The van der Waals surface area contributed by atoms with Crippen molar-refractivity contribution < 1.29 is 22.7 Å². The van der Waals surface area contributed by atoms with Crippen LogP contribution in [-0.2, 0) is 24.3 Å². The van der Waals surface area contributed by atoms with Crippen molar-refractivity contribution in [3.8, 4) is 0 Å². The minimum Gasteiger partial charge on any atom is -0.466 e. The van der Waals surface area contributed by atoms with E-state index in [1.165, 1.54) is 12.1 Å². The quantitative estimate of drug-likeness (QED) is 0.617. The number of esters is 1. The first-order chi connectivity index (χ1) is 13.6. The van der Waals surface area contributed by atoms with Gasteiger partial charge in [0, 0.05) is 18.3 Å². The van der Waals surface area contributed by atoms with E-state index in [9.17, 15) is 18.0 Å². The highest BCUT2D eigenvalue weighted by Gasteiger charge is 2.31.